The van der Waals surface area contributed by atoms with E-state index in [0.717, 1.165) is 0 Å². The number of rotatable bonds is 6. The van der Waals surface area contributed by atoms with Crippen LogP contribution >= 0.6 is 12.4 Å². The molecular weight excluding hydrogens is 346 g/mol. The van der Waals surface area contributed by atoms with Crippen molar-refractivity contribution in [1.82, 2.24) is 4.90 Å². The predicted molar refractivity (Wildman–Crippen MR) is 98.1 cm³/mol. The Balaban J connectivity index is 0.00000312. The fourth-order valence-electron chi connectivity index (χ4n) is 2.70. The van der Waals surface area contributed by atoms with E-state index in [4.69, 9.17) is 15.2 Å². The van der Waals surface area contributed by atoms with Gasteiger partial charge < -0.3 is 25.4 Å². The molecule has 7 nitrogen and oxygen atoms in total. The first-order valence-corrected chi connectivity index (χ1v) is 8.09. The summed E-state index contributed by atoms with van der Waals surface area (Å²) < 4.78 is 10.5. The molecule has 0 bridgehead atoms. The molecule has 2 amide bonds. The molecule has 3 N–H and O–H groups in total. The van der Waals surface area contributed by atoms with E-state index in [9.17, 15) is 9.59 Å². The third kappa shape index (κ3) is 5.32. The molecule has 1 aromatic carbocycles. The molecule has 1 heterocycles. The molecule has 25 heavy (non-hydrogen) atoms. The van der Waals surface area contributed by atoms with Crippen LogP contribution in [0.15, 0.2) is 24.3 Å². The van der Waals surface area contributed by atoms with Gasteiger partial charge in [0.1, 0.15) is 5.75 Å². The topological polar surface area (TPSA) is 93.9 Å². The van der Waals surface area contributed by atoms with Gasteiger partial charge in [-0.1, -0.05) is 12.1 Å². The van der Waals surface area contributed by atoms with E-state index in [2.05, 4.69) is 5.32 Å². The van der Waals surface area contributed by atoms with Gasteiger partial charge in [-0.25, -0.2) is 0 Å². The first kappa shape index (κ1) is 21.2. The molecule has 140 valence electrons. The van der Waals surface area contributed by atoms with Crippen LogP contribution in [-0.4, -0.2) is 55.7 Å². The highest BCUT2D eigenvalue weighted by atomic mass is 35.5. The molecule has 2 rings (SSSR count). The van der Waals surface area contributed by atoms with E-state index in [0.29, 0.717) is 44.0 Å². The summed E-state index contributed by atoms with van der Waals surface area (Å²) in [6.07, 6.45) is 0.937. The van der Waals surface area contributed by atoms with Crippen molar-refractivity contribution in [3.05, 3.63) is 24.3 Å². The van der Waals surface area contributed by atoms with Crippen molar-refractivity contribution in [2.45, 2.75) is 25.3 Å². The molecule has 0 aromatic heterocycles. The smallest absolute Gasteiger partial charge is 0.244 e. The Bertz CT molecular complexity index is 591. The number of amides is 2. The van der Waals surface area contributed by atoms with Crippen molar-refractivity contribution in [1.29, 1.82) is 0 Å². The number of halogens is 1. The minimum absolute atomic E-state index is 0. The second kappa shape index (κ2) is 9.60. The Morgan fingerprint density at radius 1 is 1.32 bits per heavy atom. The normalized spacial score (nSPS) is 15.6. The number of nitrogens with two attached hydrogens (primary N) is 1. The Morgan fingerprint density at radius 2 is 1.96 bits per heavy atom. The Morgan fingerprint density at radius 3 is 2.56 bits per heavy atom. The van der Waals surface area contributed by atoms with Crippen molar-refractivity contribution in [2.24, 2.45) is 5.73 Å². The van der Waals surface area contributed by atoms with Gasteiger partial charge in [0.15, 0.2) is 0 Å². The second-order valence-corrected chi connectivity index (χ2v) is 5.84. The minimum Gasteiger partial charge on any atom is -0.495 e. The van der Waals surface area contributed by atoms with Crippen LogP contribution in [0.25, 0.3) is 0 Å². The maximum atomic E-state index is 12.7. The Kier molecular flexibility index (Phi) is 8.15. The molecule has 1 aromatic rings. The van der Waals surface area contributed by atoms with E-state index in [1.54, 1.807) is 18.2 Å². The predicted octanol–water partition coefficient (Wildman–Crippen LogP) is 1.41. The Hall–Kier alpha value is -1.83. The summed E-state index contributed by atoms with van der Waals surface area (Å²) in [6, 6.07) is 7.13. The molecule has 0 radical (unpaired) electrons. The van der Waals surface area contributed by atoms with E-state index in [1.165, 1.54) is 12.0 Å². The number of carbonyl (C=O) groups is 2. The van der Waals surface area contributed by atoms with Crippen LogP contribution in [0, 0.1) is 0 Å². The van der Waals surface area contributed by atoms with Crippen LogP contribution in [0.1, 0.15) is 19.8 Å². The lowest BCUT2D eigenvalue weighted by molar-refractivity contribution is -0.142. The average Bonchev–Trinajstić information content (AvgIpc) is 2.60. The fraction of sp³-hybridized carbons (Fsp3) is 0.529. The highest BCUT2D eigenvalue weighted by Crippen LogP contribution is 2.23. The summed E-state index contributed by atoms with van der Waals surface area (Å²) in [5, 5.41) is 2.77. The van der Waals surface area contributed by atoms with Crippen molar-refractivity contribution in [3.8, 4) is 5.75 Å². The molecule has 1 aliphatic rings. The van der Waals surface area contributed by atoms with Gasteiger partial charge in [-0.05, 0) is 31.9 Å². The molecule has 0 aliphatic carbocycles. The molecule has 8 heteroatoms. The third-order valence-corrected chi connectivity index (χ3v) is 4.20. The van der Waals surface area contributed by atoms with Crippen LogP contribution in [-0.2, 0) is 14.3 Å². The van der Waals surface area contributed by atoms with Gasteiger partial charge in [0.25, 0.3) is 0 Å². The number of methoxy groups -OCH3 is 1. The highest BCUT2D eigenvalue weighted by Gasteiger charge is 2.39. The Labute approximate surface area is 154 Å². The molecule has 0 saturated carbocycles. The van der Waals surface area contributed by atoms with Gasteiger partial charge in [-0.2, -0.15) is 0 Å². The molecule has 1 saturated heterocycles. The van der Waals surface area contributed by atoms with Crippen molar-refractivity contribution in [3.63, 3.8) is 0 Å². The summed E-state index contributed by atoms with van der Waals surface area (Å²) in [6.45, 7) is 3.13. The number of hydrogen-bond acceptors (Lipinski definition) is 5. The van der Waals surface area contributed by atoms with Crippen molar-refractivity contribution in [2.75, 3.05) is 38.7 Å². The van der Waals surface area contributed by atoms with Crippen molar-refractivity contribution < 1.29 is 19.1 Å². The van der Waals surface area contributed by atoms with Gasteiger partial charge in [-0.3, -0.25) is 9.59 Å². The van der Waals surface area contributed by atoms with E-state index >= 15 is 0 Å². The van der Waals surface area contributed by atoms with Gasteiger partial charge in [0.2, 0.25) is 11.8 Å². The highest BCUT2D eigenvalue weighted by molar-refractivity contribution is 5.97. The van der Waals surface area contributed by atoms with Crippen LogP contribution in [0.5, 0.6) is 5.75 Å². The van der Waals surface area contributed by atoms with Crippen LogP contribution in [0.3, 0.4) is 0 Å². The zero-order valence-corrected chi connectivity index (χ0v) is 15.4. The number of nitrogens with one attached hydrogen (secondary N) is 1. The van der Waals surface area contributed by atoms with E-state index in [1.807, 2.05) is 13.0 Å². The molecule has 1 aliphatic heterocycles. The summed E-state index contributed by atoms with van der Waals surface area (Å²) in [5.41, 5.74) is 5.86. The number of nitrogens with zero attached hydrogens (tertiary/aromatic N) is 1. The SMILES string of the molecule is CCN(CC(=O)Nc1ccccc1OC)C(=O)C1(N)CCOCC1.Cl. The lowest BCUT2D eigenvalue weighted by atomic mass is 9.89. The van der Waals surface area contributed by atoms with Gasteiger partial charge in [0.05, 0.1) is 24.9 Å². The van der Waals surface area contributed by atoms with Crippen LogP contribution < -0.4 is 15.8 Å². The first-order valence-electron chi connectivity index (χ1n) is 8.09. The number of para-hydroxylation sites is 2. The zero-order valence-electron chi connectivity index (χ0n) is 14.6. The number of ether oxygens (including phenoxy) is 2. The second-order valence-electron chi connectivity index (χ2n) is 5.84. The number of anilines is 1. The maximum absolute atomic E-state index is 12.7. The summed E-state index contributed by atoms with van der Waals surface area (Å²) in [4.78, 5) is 26.5. The standard InChI is InChI=1S/C17H25N3O4.ClH/c1-3-20(16(22)17(18)8-10-24-11-9-17)12-15(21)19-13-6-4-5-7-14(13)23-2;/h4-7H,3,8-12,18H2,1-2H3,(H,19,21);1H. The quantitative estimate of drug-likeness (QED) is 0.788. The summed E-state index contributed by atoms with van der Waals surface area (Å²) in [5.74, 6) is 0.0776. The van der Waals surface area contributed by atoms with Crippen LogP contribution in [0.4, 0.5) is 5.69 Å². The van der Waals surface area contributed by atoms with Gasteiger partial charge >= 0.3 is 0 Å². The van der Waals surface area contributed by atoms with E-state index < -0.39 is 5.54 Å². The molecule has 0 unspecified atom stereocenters. The maximum Gasteiger partial charge on any atom is 0.244 e. The monoisotopic (exact) mass is 371 g/mol. The lowest BCUT2D eigenvalue weighted by Crippen LogP contribution is -2.59. The number of hydrogen-bond donors (Lipinski definition) is 2. The summed E-state index contributed by atoms with van der Waals surface area (Å²) >= 11 is 0. The van der Waals surface area contributed by atoms with Gasteiger partial charge in [-0.15, -0.1) is 12.4 Å². The molecule has 0 atom stereocenters. The first-order chi connectivity index (χ1) is 11.5. The van der Waals surface area contributed by atoms with Gasteiger partial charge in [0, 0.05) is 19.8 Å². The summed E-state index contributed by atoms with van der Waals surface area (Å²) in [7, 11) is 1.54. The number of likely N-dealkylation sites (N-methyl/N-ethyl adjacent to an activating group) is 1. The van der Waals surface area contributed by atoms with Crippen LogP contribution in [0.2, 0.25) is 0 Å². The zero-order chi connectivity index (χ0) is 17.6. The number of carbonyl (C=O) groups excluding carboxylic acids is 2. The fourth-order valence-corrected chi connectivity index (χ4v) is 2.70. The molecule has 1 fully saturated rings. The number of benzene rings is 1. The minimum atomic E-state index is -0.945. The largest absolute Gasteiger partial charge is 0.495 e. The average molecular weight is 372 g/mol. The van der Waals surface area contributed by atoms with Crippen molar-refractivity contribution >= 4 is 29.9 Å². The third-order valence-electron chi connectivity index (χ3n) is 4.20. The molecular formula is C17H26ClN3O4. The van der Waals surface area contributed by atoms with E-state index in [-0.39, 0.29) is 30.8 Å². The molecule has 0 spiro atoms. The lowest BCUT2D eigenvalue weighted by Gasteiger charge is -2.36.